The molecule has 2 rings (SSSR count). The number of rotatable bonds is 5. The number of amides is 1. The van der Waals surface area contributed by atoms with Crippen LogP contribution in [0.2, 0.25) is 0 Å². The maximum atomic E-state index is 12.6. The molecule has 1 N–H and O–H groups in total. The quantitative estimate of drug-likeness (QED) is 0.894. The van der Waals surface area contributed by atoms with E-state index in [1.807, 2.05) is 18.2 Å². The Balaban J connectivity index is 2.16. The number of benzene rings is 1. The van der Waals surface area contributed by atoms with E-state index in [9.17, 15) is 4.79 Å². The SMILES string of the molecule is CC(C)CN(CCC#N)C(=O)c1ccc2c(c1)CNC2. The second-order valence-electron chi connectivity index (χ2n) is 5.64. The van der Waals surface area contributed by atoms with Crippen molar-refractivity contribution < 1.29 is 4.79 Å². The van der Waals surface area contributed by atoms with E-state index < -0.39 is 0 Å². The summed E-state index contributed by atoms with van der Waals surface area (Å²) in [5.41, 5.74) is 3.21. The van der Waals surface area contributed by atoms with E-state index in [1.165, 1.54) is 11.1 Å². The second kappa shape index (κ2) is 6.53. The van der Waals surface area contributed by atoms with Gasteiger partial charge in [-0.3, -0.25) is 4.79 Å². The van der Waals surface area contributed by atoms with Crippen LogP contribution in [0.25, 0.3) is 0 Å². The van der Waals surface area contributed by atoms with Crippen LogP contribution in [0.4, 0.5) is 0 Å². The molecule has 0 radical (unpaired) electrons. The highest BCUT2D eigenvalue weighted by Crippen LogP contribution is 2.18. The first-order valence-corrected chi connectivity index (χ1v) is 7.10. The number of carbonyl (C=O) groups is 1. The third-order valence-electron chi connectivity index (χ3n) is 3.45. The van der Waals surface area contributed by atoms with Crippen molar-refractivity contribution in [1.82, 2.24) is 10.2 Å². The van der Waals surface area contributed by atoms with Crippen LogP contribution < -0.4 is 5.32 Å². The van der Waals surface area contributed by atoms with Gasteiger partial charge in [-0.15, -0.1) is 0 Å². The molecule has 0 aliphatic carbocycles. The van der Waals surface area contributed by atoms with Crippen LogP contribution in [0.15, 0.2) is 18.2 Å². The Hall–Kier alpha value is -1.86. The van der Waals surface area contributed by atoms with Crippen LogP contribution in [0.1, 0.15) is 41.8 Å². The molecule has 1 aliphatic heterocycles. The minimum absolute atomic E-state index is 0.0312. The number of hydrogen-bond donors (Lipinski definition) is 1. The fraction of sp³-hybridized carbons (Fsp3) is 0.500. The van der Waals surface area contributed by atoms with Gasteiger partial charge >= 0.3 is 0 Å². The predicted molar refractivity (Wildman–Crippen MR) is 78.0 cm³/mol. The van der Waals surface area contributed by atoms with Gasteiger partial charge in [0.1, 0.15) is 0 Å². The largest absolute Gasteiger partial charge is 0.337 e. The molecule has 1 aliphatic rings. The van der Waals surface area contributed by atoms with Crippen molar-refractivity contribution >= 4 is 5.91 Å². The molecule has 0 aromatic heterocycles. The van der Waals surface area contributed by atoms with E-state index in [0.717, 1.165) is 18.7 Å². The normalized spacial score (nSPS) is 13.1. The lowest BCUT2D eigenvalue weighted by Crippen LogP contribution is -2.35. The molecule has 1 heterocycles. The molecule has 1 aromatic rings. The molecule has 0 atom stereocenters. The van der Waals surface area contributed by atoms with Gasteiger partial charge in [0.15, 0.2) is 0 Å². The van der Waals surface area contributed by atoms with Crippen LogP contribution in [-0.4, -0.2) is 23.9 Å². The molecule has 20 heavy (non-hydrogen) atoms. The Morgan fingerprint density at radius 1 is 1.40 bits per heavy atom. The summed E-state index contributed by atoms with van der Waals surface area (Å²) in [6.45, 7) is 7.07. The van der Waals surface area contributed by atoms with E-state index in [1.54, 1.807) is 4.90 Å². The lowest BCUT2D eigenvalue weighted by atomic mass is 10.0. The maximum absolute atomic E-state index is 12.6. The van der Waals surface area contributed by atoms with Gasteiger partial charge in [0, 0.05) is 31.7 Å². The number of fused-ring (bicyclic) bond motifs is 1. The van der Waals surface area contributed by atoms with Gasteiger partial charge in [0.2, 0.25) is 0 Å². The topological polar surface area (TPSA) is 56.1 Å². The van der Waals surface area contributed by atoms with E-state index in [4.69, 9.17) is 5.26 Å². The lowest BCUT2D eigenvalue weighted by molar-refractivity contribution is 0.0740. The van der Waals surface area contributed by atoms with Gasteiger partial charge in [-0.25, -0.2) is 0 Å². The third-order valence-corrected chi connectivity index (χ3v) is 3.45. The fourth-order valence-electron chi connectivity index (χ4n) is 2.51. The summed E-state index contributed by atoms with van der Waals surface area (Å²) in [6, 6.07) is 8.02. The molecule has 0 saturated carbocycles. The summed E-state index contributed by atoms with van der Waals surface area (Å²) in [4.78, 5) is 14.4. The summed E-state index contributed by atoms with van der Waals surface area (Å²) >= 11 is 0. The number of nitrogens with one attached hydrogen (secondary N) is 1. The zero-order valence-electron chi connectivity index (χ0n) is 12.1. The molecular formula is C16H21N3O. The molecule has 1 aromatic carbocycles. The highest BCUT2D eigenvalue weighted by Gasteiger charge is 2.19. The molecule has 0 unspecified atom stereocenters. The Bertz CT molecular complexity index is 531. The van der Waals surface area contributed by atoms with Crippen molar-refractivity contribution in [2.75, 3.05) is 13.1 Å². The standard InChI is InChI=1S/C16H21N3O/c1-12(2)11-19(7-3-6-17)16(20)13-4-5-14-9-18-10-15(14)8-13/h4-5,8,12,18H,3,7,9-11H2,1-2H3. The minimum atomic E-state index is 0.0312. The highest BCUT2D eigenvalue weighted by atomic mass is 16.2. The third kappa shape index (κ3) is 3.37. The van der Waals surface area contributed by atoms with Gasteiger partial charge < -0.3 is 10.2 Å². The van der Waals surface area contributed by atoms with E-state index >= 15 is 0 Å². The van der Waals surface area contributed by atoms with Crippen molar-refractivity contribution in [1.29, 1.82) is 5.26 Å². The Morgan fingerprint density at radius 3 is 2.85 bits per heavy atom. The number of nitriles is 1. The summed E-state index contributed by atoms with van der Waals surface area (Å²) in [7, 11) is 0. The molecule has 4 heteroatoms. The van der Waals surface area contributed by atoms with E-state index in [0.29, 0.717) is 25.4 Å². The summed E-state index contributed by atoms with van der Waals surface area (Å²) in [5.74, 6) is 0.428. The molecule has 0 spiro atoms. The van der Waals surface area contributed by atoms with Crippen LogP contribution >= 0.6 is 0 Å². The average Bonchev–Trinajstić information content (AvgIpc) is 2.89. The molecule has 0 saturated heterocycles. The smallest absolute Gasteiger partial charge is 0.253 e. The Kier molecular flexibility index (Phi) is 4.75. The van der Waals surface area contributed by atoms with E-state index in [-0.39, 0.29) is 5.91 Å². The Morgan fingerprint density at radius 2 is 2.15 bits per heavy atom. The van der Waals surface area contributed by atoms with Gasteiger partial charge in [-0.05, 0) is 29.2 Å². The van der Waals surface area contributed by atoms with Gasteiger partial charge in [-0.1, -0.05) is 19.9 Å². The van der Waals surface area contributed by atoms with Gasteiger partial charge in [0.25, 0.3) is 5.91 Å². The van der Waals surface area contributed by atoms with Gasteiger partial charge in [0.05, 0.1) is 12.5 Å². The number of nitrogens with zero attached hydrogens (tertiary/aromatic N) is 2. The van der Waals surface area contributed by atoms with Crippen LogP contribution in [-0.2, 0) is 13.1 Å². The molecule has 1 amide bonds. The first-order chi connectivity index (χ1) is 9.61. The second-order valence-corrected chi connectivity index (χ2v) is 5.64. The lowest BCUT2D eigenvalue weighted by Gasteiger charge is -2.24. The van der Waals surface area contributed by atoms with Crippen LogP contribution in [0.5, 0.6) is 0 Å². The highest BCUT2D eigenvalue weighted by molar-refractivity contribution is 5.94. The molecule has 0 fully saturated rings. The first kappa shape index (κ1) is 14.5. The van der Waals surface area contributed by atoms with Crippen molar-refractivity contribution in [3.63, 3.8) is 0 Å². The average molecular weight is 271 g/mol. The number of hydrogen-bond acceptors (Lipinski definition) is 3. The molecule has 106 valence electrons. The van der Waals surface area contributed by atoms with Gasteiger partial charge in [-0.2, -0.15) is 5.26 Å². The monoisotopic (exact) mass is 271 g/mol. The van der Waals surface area contributed by atoms with Crippen LogP contribution in [0.3, 0.4) is 0 Å². The minimum Gasteiger partial charge on any atom is -0.337 e. The maximum Gasteiger partial charge on any atom is 0.253 e. The summed E-state index contributed by atoms with van der Waals surface area (Å²) in [6.07, 6.45) is 0.380. The van der Waals surface area contributed by atoms with Crippen molar-refractivity contribution in [2.45, 2.75) is 33.4 Å². The zero-order valence-corrected chi connectivity index (χ0v) is 12.1. The Labute approximate surface area is 120 Å². The van der Waals surface area contributed by atoms with E-state index in [2.05, 4.69) is 25.2 Å². The molecule has 4 nitrogen and oxygen atoms in total. The van der Waals surface area contributed by atoms with Crippen molar-refractivity contribution in [3.8, 4) is 6.07 Å². The first-order valence-electron chi connectivity index (χ1n) is 7.10. The van der Waals surface area contributed by atoms with Crippen LogP contribution in [0, 0.1) is 17.2 Å². The predicted octanol–water partition coefficient (Wildman–Crippen LogP) is 2.30. The summed E-state index contributed by atoms with van der Waals surface area (Å²) in [5, 5.41) is 12.0. The van der Waals surface area contributed by atoms with Crippen molar-refractivity contribution in [3.05, 3.63) is 34.9 Å². The summed E-state index contributed by atoms with van der Waals surface area (Å²) < 4.78 is 0. The fourth-order valence-corrected chi connectivity index (χ4v) is 2.51. The zero-order chi connectivity index (χ0) is 14.5. The number of carbonyl (C=O) groups excluding carboxylic acids is 1. The van der Waals surface area contributed by atoms with Crippen molar-refractivity contribution in [2.24, 2.45) is 5.92 Å². The molecular weight excluding hydrogens is 250 g/mol. The molecule has 0 bridgehead atoms.